The van der Waals surface area contributed by atoms with E-state index in [2.05, 4.69) is 106 Å². The lowest BCUT2D eigenvalue weighted by atomic mass is 10.0. The summed E-state index contributed by atoms with van der Waals surface area (Å²) in [5, 5.41) is 0. The molecule has 6 heteroatoms. The average Bonchev–Trinajstić information content (AvgIpc) is 3.46. The molecule has 0 amide bonds. The monoisotopic (exact) mass is 1130 g/mol. The fourth-order valence-corrected chi connectivity index (χ4v) is 10.1. The summed E-state index contributed by atoms with van der Waals surface area (Å²) < 4.78 is 16.9. The molecule has 0 bridgehead atoms. The molecule has 0 aromatic rings. The minimum Gasteiger partial charge on any atom is -0.462 e. The number of carbonyl (C=O) groups is 3. The molecule has 0 N–H and O–H groups in total. The Hall–Kier alpha value is -3.41. The Balaban J connectivity index is 4.28. The first-order chi connectivity index (χ1) is 40.0. The van der Waals surface area contributed by atoms with Gasteiger partial charge in [0.2, 0.25) is 0 Å². The van der Waals surface area contributed by atoms with Gasteiger partial charge >= 0.3 is 17.9 Å². The van der Waals surface area contributed by atoms with Gasteiger partial charge in [-0.1, -0.05) is 305 Å². The quantitative estimate of drug-likeness (QED) is 0.0261. The maximum Gasteiger partial charge on any atom is 0.306 e. The molecule has 0 aliphatic rings. The number of rotatable bonds is 64. The van der Waals surface area contributed by atoms with E-state index < -0.39 is 6.10 Å². The highest BCUT2D eigenvalue weighted by atomic mass is 16.6. The highest BCUT2D eigenvalue weighted by Crippen LogP contribution is 2.17. The lowest BCUT2D eigenvalue weighted by molar-refractivity contribution is -0.167. The summed E-state index contributed by atoms with van der Waals surface area (Å²) >= 11 is 0. The van der Waals surface area contributed by atoms with Gasteiger partial charge < -0.3 is 14.2 Å². The van der Waals surface area contributed by atoms with Gasteiger partial charge in [0.1, 0.15) is 13.2 Å². The van der Waals surface area contributed by atoms with Gasteiger partial charge in [0.15, 0.2) is 6.10 Å². The summed E-state index contributed by atoms with van der Waals surface area (Å²) in [6, 6.07) is 0. The molecular weight excluding hydrogens is 997 g/mol. The molecule has 0 radical (unpaired) electrons. The zero-order valence-corrected chi connectivity index (χ0v) is 53.8. The fourth-order valence-electron chi connectivity index (χ4n) is 10.1. The summed E-state index contributed by atoms with van der Waals surface area (Å²) in [6.07, 6.45) is 91.9. The second kappa shape index (κ2) is 69.1. The van der Waals surface area contributed by atoms with Crippen LogP contribution in [0.1, 0.15) is 355 Å². The van der Waals surface area contributed by atoms with Crippen LogP contribution < -0.4 is 0 Å². The predicted molar refractivity (Wildman–Crippen MR) is 353 cm³/mol. The summed E-state index contributed by atoms with van der Waals surface area (Å²) in [5.74, 6) is -0.902. The summed E-state index contributed by atoms with van der Waals surface area (Å²) in [6.45, 7) is 6.53. The van der Waals surface area contributed by atoms with Gasteiger partial charge in [0, 0.05) is 19.3 Å². The average molecular weight is 1130 g/mol. The van der Waals surface area contributed by atoms with E-state index in [1.54, 1.807) is 0 Å². The van der Waals surface area contributed by atoms with E-state index in [-0.39, 0.29) is 31.1 Å². The molecule has 0 rings (SSSR count). The predicted octanol–water partition coefficient (Wildman–Crippen LogP) is 24.2. The van der Waals surface area contributed by atoms with E-state index in [1.807, 2.05) is 0 Å². The number of allylic oxidation sites excluding steroid dienone is 14. The van der Waals surface area contributed by atoms with Crippen LogP contribution in [0.15, 0.2) is 85.1 Å². The highest BCUT2D eigenvalue weighted by Gasteiger charge is 2.19. The molecule has 0 fully saturated rings. The van der Waals surface area contributed by atoms with Crippen LogP contribution in [0.2, 0.25) is 0 Å². The van der Waals surface area contributed by atoms with Crippen LogP contribution in [0.4, 0.5) is 0 Å². The Morgan fingerprint density at radius 3 is 0.778 bits per heavy atom. The molecule has 0 spiro atoms. The van der Waals surface area contributed by atoms with Crippen molar-refractivity contribution in [2.75, 3.05) is 13.2 Å². The van der Waals surface area contributed by atoms with E-state index in [0.717, 1.165) is 96.3 Å². The molecule has 1 atom stereocenters. The van der Waals surface area contributed by atoms with E-state index in [1.165, 1.54) is 218 Å². The third-order valence-corrected chi connectivity index (χ3v) is 15.4. The van der Waals surface area contributed by atoms with Gasteiger partial charge in [-0.25, -0.2) is 0 Å². The molecule has 0 aliphatic carbocycles. The Kier molecular flexibility index (Phi) is 66.2. The molecule has 1 unspecified atom stereocenters. The van der Waals surface area contributed by atoms with E-state index in [0.29, 0.717) is 19.3 Å². The highest BCUT2D eigenvalue weighted by molar-refractivity contribution is 5.71. The van der Waals surface area contributed by atoms with Crippen LogP contribution in [0.3, 0.4) is 0 Å². The standard InChI is InChI=1S/C75H132O6/c1-4-7-10-13-16-19-22-25-27-29-31-33-35-36-37-38-40-41-43-45-47-50-53-56-59-62-65-68-74(77)80-71-72(70-79-73(76)67-64-61-58-55-52-49-24-21-18-15-12-9-6-3)81-75(78)69-66-63-60-57-54-51-48-46-44-42-39-34-32-30-28-26-23-20-17-14-11-8-5-2/h9,12,18,21-22,25,29-32,35-36,49,52,72H,4-8,10-11,13-17,19-20,23-24,26-28,33-34,37-48,50-51,53-71H2,1-3H3/b12-9-,21-18-,25-22-,31-29-,32-30-,36-35-,52-49-. The van der Waals surface area contributed by atoms with Crippen LogP contribution in [0, 0.1) is 0 Å². The van der Waals surface area contributed by atoms with Gasteiger partial charge in [-0.05, 0) is 116 Å². The molecule has 468 valence electrons. The largest absolute Gasteiger partial charge is 0.462 e. The maximum absolute atomic E-state index is 12.9. The Morgan fingerprint density at radius 2 is 0.481 bits per heavy atom. The fraction of sp³-hybridized carbons (Fsp3) is 0.773. The van der Waals surface area contributed by atoms with Crippen LogP contribution in [-0.2, 0) is 28.6 Å². The SMILES string of the molecule is CC/C=C\C/C=C\C/C=C\CCCCCC(=O)OCC(COC(=O)CCCCCCCCCCCCCC/C=C\C/C=C\C/C=C\CCCCCCC)OC(=O)CCCCCCCCCCCCC/C=C\CCCCCCCCCC. The topological polar surface area (TPSA) is 78.9 Å². The number of hydrogen-bond acceptors (Lipinski definition) is 6. The molecular formula is C75H132O6. The van der Waals surface area contributed by atoms with Crippen molar-refractivity contribution in [2.45, 2.75) is 361 Å². The number of ether oxygens (including phenoxy) is 3. The molecule has 0 saturated carbocycles. The van der Waals surface area contributed by atoms with Crippen LogP contribution in [0.5, 0.6) is 0 Å². The maximum atomic E-state index is 12.9. The molecule has 0 aromatic carbocycles. The minimum atomic E-state index is -0.791. The van der Waals surface area contributed by atoms with E-state index in [4.69, 9.17) is 14.2 Å². The molecule has 0 saturated heterocycles. The van der Waals surface area contributed by atoms with Crippen molar-refractivity contribution in [1.29, 1.82) is 0 Å². The van der Waals surface area contributed by atoms with Crippen molar-refractivity contribution in [3.05, 3.63) is 85.1 Å². The van der Waals surface area contributed by atoms with E-state index >= 15 is 0 Å². The Morgan fingerprint density at radius 1 is 0.259 bits per heavy atom. The molecule has 6 nitrogen and oxygen atoms in total. The van der Waals surface area contributed by atoms with Gasteiger partial charge in [0.25, 0.3) is 0 Å². The Bertz CT molecular complexity index is 1530. The minimum absolute atomic E-state index is 0.0854. The zero-order chi connectivity index (χ0) is 58.5. The first-order valence-corrected chi connectivity index (χ1v) is 35.1. The lowest BCUT2D eigenvalue weighted by Crippen LogP contribution is -2.30. The first-order valence-electron chi connectivity index (χ1n) is 35.1. The number of hydrogen-bond donors (Lipinski definition) is 0. The van der Waals surface area contributed by atoms with Gasteiger partial charge in [-0.2, -0.15) is 0 Å². The normalized spacial score (nSPS) is 12.6. The van der Waals surface area contributed by atoms with Gasteiger partial charge in [-0.15, -0.1) is 0 Å². The van der Waals surface area contributed by atoms with Crippen molar-refractivity contribution >= 4 is 17.9 Å². The second-order valence-corrected chi connectivity index (χ2v) is 23.4. The summed E-state index contributed by atoms with van der Waals surface area (Å²) in [7, 11) is 0. The first kappa shape index (κ1) is 77.6. The number of carbonyl (C=O) groups excluding carboxylic acids is 3. The summed E-state index contributed by atoms with van der Waals surface area (Å²) in [4.78, 5) is 38.4. The van der Waals surface area contributed by atoms with Crippen LogP contribution in [-0.4, -0.2) is 37.2 Å². The number of esters is 3. The molecule has 81 heavy (non-hydrogen) atoms. The van der Waals surface area contributed by atoms with Crippen molar-refractivity contribution < 1.29 is 28.6 Å². The van der Waals surface area contributed by atoms with Crippen LogP contribution in [0.25, 0.3) is 0 Å². The van der Waals surface area contributed by atoms with Gasteiger partial charge in [-0.3, -0.25) is 14.4 Å². The Labute approximate surface area is 503 Å². The summed E-state index contributed by atoms with van der Waals surface area (Å²) in [5.41, 5.74) is 0. The van der Waals surface area contributed by atoms with E-state index in [9.17, 15) is 14.4 Å². The third kappa shape index (κ3) is 67.3. The van der Waals surface area contributed by atoms with Crippen molar-refractivity contribution in [2.24, 2.45) is 0 Å². The third-order valence-electron chi connectivity index (χ3n) is 15.4. The van der Waals surface area contributed by atoms with Crippen molar-refractivity contribution in [1.82, 2.24) is 0 Å². The van der Waals surface area contributed by atoms with Crippen LogP contribution >= 0.6 is 0 Å². The lowest BCUT2D eigenvalue weighted by Gasteiger charge is -2.18. The molecule has 0 aromatic heterocycles. The number of unbranched alkanes of at least 4 members (excludes halogenated alkanes) is 39. The second-order valence-electron chi connectivity index (χ2n) is 23.4. The van der Waals surface area contributed by atoms with Crippen molar-refractivity contribution in [3.63, 3.8) is 0 Å². The van der Waals surface area contributed by atoms with Crippen molar-refractivity contribution in [3.8, 4) is 0 Å². The molecule has 0 heterocycles. The zero-order valence-electron chi connectivity index (χ0n) is 53.8. The smallest absolute Gasteiger partial charge is 0.306 e. The molecule has 0 aliphatic heterocycles. The van der Waals surface area contributed by atoms with Gasteiger partial charge in [0.05, 0.1) is 0 Å².